The molecule has 4 N–H and O–H groups in total. The van der Waals surface area contributed by atoms with E-state index in [0.717, 1.165) is 0 Å². The summed E-state index contributed by atoms with van der Waals surface area (Å²) >= 11 is 6.01. The molecule has 0 heterocycles. The van der Waals surface area contributed by atoms with Crippen LogP contribution >= 0.6 is 11.6 Å². The Bertz CT molecular complexity index is 381. The van der Waals surface area contributed by atoms with Crippen LogP contribution < -0.4 is 21.3 Å². The maximum Gasteiger partial charge on any atom is 0.210 e. The van der Waals surface area contributed by atoms with Gasteiger partial charge in [0, 0.05) is 12.6 Å². The number of ether oxygens (including phenoxy) is 1. The van der Waals surface area contributed by atoms with Crippen molar-refractivity contribution in [2.75, 3.05) is 19.0 Å². The quantitative estimate of drug-likeness (QED) is 0.326. The zero-order valence-corrected chi connectivity index (χ0v) is 10.0. The number of hydrazine groups is 1. The first-order chi connectivity index (χ1) is 7.71. The first-order valence-electron chi connectivity index (χ1n) is 4.83. The van der Waals surface area contributed by atoms with E-state index >= 15 is 0 Å². The Kier molecular flexibility index (Phi) is 4.88. The standard InChI is InChI=1S/C10H15ClN4O/c1-3-13-10(15-12)14-9-6-7(16-2)4-5-8(9)11/h4-6H,3,12H2,1-2H3,(H2,13,14,15). The van der Waals surface area contributed by atoms with Gasteiger partial charge in [-0.2, -0.15) is 0 Å². The highest BCUT2D eigenvalue weighted by atomic mass is 35.5. The van der Waals surface area contributed by atoms with E-state index in [-0.39, 0.29) is 0 Å². The van der Waals surface area contributed by atoms with Gasteiger partial charge in [0.1, 0.15) is 5.75 Å². The van der Waals surface area contributed by atoms with Crippen LogP contribution in [0.4, 0.5) is 5.69 Å². The topological polar surface area (TPSA) is 71.7 Å². The largest absolute Gasteiger partial charge is 0.497 e. The van der Waals surface area contributed by atoms with Crippen molar-refractivity contribution in [3.63, 3.8) is 0 Å². The van der Waals surface area contributed by atoms with Gasteiger partial charge in [0.25, 0.3) is 0 Å². The summed E-state index contributed by atoms with van der Waals surface area (Å²) in [5, 5.41) is 3.54. The lowest BCUT2D eigenvalue weighted by molar-refractivity contribution is 0.415. The van der Waals surface area contributed by atoms with E-state index < -0.39 is 0 Å². The van der Waals surface area contributed by atoms with Crippen molar-refractivity contribution in [3.05, 3.63) is 23.2 Å². The Balaban J connectivity index is 2.90. The molecule has 0 radical (unpaired) electrons. The van der Waals surface area contributed by atoms with Crippen molar-refractivity contribution >= 4 is 23.2 Å². The summed E-state index contributed by atoms with van der Waals surface area (Å²) in [7, 11) is 1.59. The molecule has 0 saturated heterocycles. The summed E-state index contributed by atoms with van der Waals surface area (Å²) in [6.07, 6.45) is 0. The summed E-state index contributed by atoms with van der Waals surface area (Å²) < 4.78 is 5.09. The summed E-state index contributed by atoms with van der Waals surface area (Å²) in [4.78, 5) is 4.10. The Morgan fingerprint density at radius 1 is 1.56 bits per heavy atom. The summed E-state index contributed by atoms with van der Waals surface area (Å²) in [5.74, 6) is 6.47. The average Bonchev–Trinajstić information content (AvgIpc) is 2.31. The second kappa shape index (κ2) is 6.19. The number of nitrogens with zero attached hydrogens (tertiary/aromatic N) is 1. The van der Waals surface area contributed by atoms with Gasteiger partial charge in [-0.15, -0.1) is 0 Å². The molecule has 88 valence electrons. The molecule has 0 fully saturated rings. The van der Waals surface area contributed by atoms with Crippen LogP contribution in [0.3, 0.4) is 0 Å². The van der Waals surface area contributed by atoms with E-state index in [9.17, 15) is 0 Å². The number of nitrogens with one attached hydrogen (secondary N) is 2. The molecule has 0 aliphatic heterocycles. The van der Waals surface area contributed by atoms with E-state index in [1.165, 1.54) is 0 Å². The molecule has 1 aromatic carbocycles. The number of methoxy groups -OCH3 is 1. The van der Waals surface area contributed by atoms with Gasteiger partial charge in [-0.1, -0.05) is 11.6 Å². The van der Waals surface area contributed by atoms with E-state index in [0.29, 0.717) is 29.0 Å². The molecule has 0 spiro atoms. The number of hydrogen-bond acceptors (Lipinski definition) is 3. The highest BCUT2D eigenvalue weighted by molar-refractivity contribution is 6.33. The van der Waals surface area contributed by atoms with Crippen LogP contribution in [0.25, 0.3) is 0 Å². The Hall–Kier alpha value is -1.46. The van der Waals surface area contributed by atoms with Crippen LogP contribution in [0.2, 0.25) is 5.02 Å². The molecule has 0 saturated carbocycles. The molecule has 5 nitrogen and oxygen atoms in total. The van der Waals surface area contributed by atoms with Gasteiger partial charge in [0.15, 0.2) is 0 Å². The lowest BCUT2D eigenvalue weighted by atomic mass is 10.3. The number of halogens is 1. The maximum atomic E-state index is 6.01. The fraction of sp³-hybridized carbons (Fsp3) is 0.300. The molecule has 0 amide bonds. The second-order valence-electron chi connectivity index (χ2n) is 2.94. The molecule has 0 aliphatic carbocycles. The van der Waals surface area contributed by atoms with Crippen molar-refractivity contribution < 1.29 is 4.74 Å². The van der Waals surface area contributed by atoms with Gasteiger partial charge >= 0.3 is 0 Å². The Labute approximate surface area is 99.6 Å². The third-order valence-electron chi connectivity index (χ3n) is 1.88. The van der Waals surface area contributed by atoms with Gasteiger partial charge in [-0.05, 0) is 19.1 Å². The van der Waals surface area contributed by atoms with Gasteiger partial charge in [-0.3, -0.25) is 10.4 Å². The molecule has 0 aromatic heterocycles. The molecule has 16 heavy (non-hydrogen) atoms. The number of anilines is 1. The first kappa shape index (κ1) is 12.6. The highest BCUT2D eigenvalue weighted by Crippen LogP contribution is 2.26. The predicted molar refractivity (Wildman–Crippen MR) is 66.9 cm³/mol. The fourth-order valence-electron chi connectivity index (χ4n) is 1.13. The number of hydrogen-bond donors (Lipinski definition) is 3. The van der Waals surface area contributed by atoms with E-state index in [2.05, 4.69) is 15.7 Å². The molecule has 0 bridgehead atoms. The molecule has 6 heteroatoms. The van der Waals surface area contributed by atoms with Gasteiger partial charge in [-0.25, -0.2) is 5.84 Å². The van der Waals surface area contributed by atoms with Gasteiger partial charge < -0.3 is 10.1 Å². The molecular formula is C10H15ClN4O. The van der Waals surface area contributed by atoms with Crippen molar-refractivity contribution in [1.29, 1.82) is 0 Å². The number of aliphatic imine (C=N–C) groups is 1. The predicted octanol–water partition coefficient (Wildman–Crippen LogP) is 1.60. The first-order valence-corrected chi connectivity index (χ1v) is 5.20. The number of rotatable bonds is 3. The molecule has 1 rings (SSSR count). The normalized spacial score (nSPS) is 11.1. The number of nitrogens with two attached hydrogens (primary N) is 1. The Morgan fingerprint density at radius 2 is 2.31 bits per heavy atom. The molecule has 1 aromatic rings. The van der Waals surface area contributed by atoms with Crippen LogP contribution in [-0.2, 0) is 0 Å². The fourth-order valence-corrected chi connectivity index (χ4v) is 1.30. The number of benzene rings is 1. The summed E-state index contributed by atoms with van der Waals surface area (Å²) in [6.45, 7) is 2.53. The third-order valence-corrected chi connectivity index (χ3v) is 2.21. The minimum absolute atomic E-state index is 0.456. The van der Waals surface area contributed by atoms with Crippen molar-refractivity contribution in [2.24, 2.45) is 10.8 Å². The van der Waals surface area contributed by atoms with Crippen LogP contribution in [-0.4, -0.2) is 19.6 Å². The average molecular weight is 243 g/mol. The zero-order valence-electron chi connectivity index (χ0n) is 9.25. The monoisotopic (exact) mass is 242 g/mol. The second-order valence-corrected chi connectivity index (χ2v) is 3.35. The molecule has 0 atom stereocenters. The third kappa shape index (κ3) is 3.29. The summed E-state index contributed by atoms with van der Waals surface area (Å²) in [6, 6.07) is 5.29. The smallest absolute Gasteiger partial charge is 0.210 e. The number of guanidine groups is 1. The maximum absolute atomic E-state index is 6.01. The van der Waals surface area contributed by atoms with Crippen LogP contribution in [0.5, 0.6) is 5.75 Å². The minimum atomic E-state index is 0.456. The van der Waals surface area contributed by atoms with Crippen molar-refractivity contribution in [1.82, 2.24) is 5.43 Å². The van der Waals surface area contributed by atoms with Crippen LogP contribution in [0.1, 0.15) is 6.92 Å². The van der Waals surface area contributed by atoms with Gasteiger partial charge in [0.05, 0.1) is 17.8 Å². The van der Waals surface area contributed by atoms with Crippen LogP contribution in [0, 0.1) is 0 Å². The van der Waals surface area contributed by atoms with Crippen LogP contribution in [0.15, 0.2) is 23.2 Å². The molecule has 0 aliphatic rings. The van der Waals surface area contributed by atoms with E-state index in [1.54, 1.807) is 25.3 Å². The zero-order chi connectivity index (χ0) is 12.0. The SMILES string of the molecule is CCN=C(NN)Nc1cc(OC)ccc1Cl. The van der Waals surface area contributed by atoms with Gasteiger partial charge in [0.2, 0.25) is 5.96 Å². The van der Waals surface area contributed by atoms with Crippen molar-refractivity contribution in [2.45, 2.75) is 6.92 Å². The minimum Gasteiger partial charge on any atom is -0.497 e. The van der Waals surface area contributed by atoms with Crippen molar-refractivity contribution in [3.8, 4) is 5.75 Å². The molecule has 0 unspecified atom stereocenters. The van der Waals surface area contributed by atoms with E-state index in [4.69, 9.17) is 22.2 Å². The lowest BCUT2D eigenvalue weighted by Gasteiger charge is -2.11. The van der Waals surface area contributed by atoms with E-state index in [1.807, 2.05) is 6.92 Å². The Morgan fingerprint density at radius 3 is 2.88 bits per heavy atom. The summed E-state index contributed by atoms with van der Waals surface area (Å²) in [5.41, 5.74) is 3.14. The molecular weight excluding hydrogens is 228 g/mol. The lowest BCUT2D eigenvalue weighted by Crippen LogP contribution is -2.36. The highest BCUT2D eigenvalue weighted by Gasteiger charge is 2.04.